The van der Waals surface area contributed by atoms with Gasteiger partial charge in [-0.2, -0.15) is 5.10 Å². The average molecular weight is 492 g/mol. The third-order valence-corrected chi connectivity index (χ3v) is 6.09. The summed E-state index contributed by atoms with van der Waals surface area (Å²) in [5, 5.41) is 6.01. The summed E-state index contributed by atoms with van der Waals surface area (Å²) in [5.74, 6) is 0.232. The average Bonchev–Trinajstić information content (AvgIpc) is 2.92. The lowest BCUT2D eigenvalue weighted by Crippen LogP contribution is -2.51. The van der Waals surface area contributed by atoms with E-state index in [0.29, 0.717) is 42.3 Å². The summed E-state index contributed by atoms with van der Waals surface area (Å²) in [4.78, 5) is 34.2. The maximum absolute atomic E-state index is 13.2. The summed E-state index contributed by atoms with van der Waals surface area (Å²) < 4.78 is 5.47. The van der Waals surface area contributed by atoms with E-state index in [4.69, 9.17) is 16.3 Å². The van der Waals surface area contributed by atoms with E-state index < -0.39 is 5.91 Å². The van der Waals surface area contributed by atoms with Gasteiger partial charge in [0, 0.05) is 54.7 Å². The molecule has 35 heavy (non-hydrogen) atoms. The molecule has 4 rings (SSSR count). The molecule has 0 bridgehead atoms. The summed E-state index contributed by atoms with van der Waals surface area (Å²) >= 11 is 6.23. The van der Waals surface area contributed by atoms with Crippen LogP contribution in [0.5, 0.6) is 5.75 Å². The number of halogens is 1. The van der Waals surface area contributed by atoms with Crippen molar-refractivity contribution in [3.05, 3.63) is 89.2 Å². The molecule has 1 aromatic heterocycles. The molecular formula is C26H26ClN5O3. The van der Waals surface area contributed by atoms with Gasteiger partial charge in [-0.25, -0.2) is 5.01 Å². The molecule has 1 aliphatic heterocycles. The molecule has 0 N–H and O–H groups in total. The molecule has 8 nitrogen and oxygen atoms in total. The van der Waals surface area contributed by atoms with Crippen LogP contribution in [0.3, 0.4) is 0 Å². The van der Waals surface area contributed by atoms with Gasteiger partial charge < -0.3 is 14.5 Å². The molecule has 1 fully saturated rings. The summed E-state index contributed by atoms with van der Waals surface area (Å²) in [6, 6.07) is 18.2. The highest BCUT2D eigenvalue weighted by Crippen LogP contribution is 2.28. The first kappa shape index (κ1) is 24.2. The van der Waals surface area contributed by atoms with Gasteiger partial charge in [-0.3, -0.25) is 14.6 Å². The fourth-order valence-electron chi connectivity index (χ4n) is 3.84. The first-order chi connectivity index (χ1) is 17.1. The summed E-state index contributed by atoms with van der Waals surface area (Å²) in [5.41, 5.74) is 2.05. The minimum atomic E-state index is -0.392. The van der Waals surface area contributed by atoms with Gasteiger partial charge in [-0.15, -0.1) is 0 Å². The Labute approximate surface area is 209 Å². The van der Waals surface area contributed by atoms with Crippen molar-refractivity contribution in [2.24, 2.45) is 5.10 Å². The molecule has 0 unspecified atom stereocenters. The number of nitrogens with zero attached hydrogens (tertiary/aromatic N) is 5. The maximum Gasteiger partial charge on any atom is 0.274 e. The van der Waals surface area contributed by atoms with Gasteiger partial charge in [-0.05, 0) is 30.3 Å². The Morgan fingerprint density at radius 3 is 2.43 bits per heavy atom. The topological polar surface area (TPSA) is 78.3 Å². The van der Waals surface area contributed by atoms with E-state index in [0.717, 1.165) is 11.4 Å². The summed E-state index contributed by atoms with van der Waals surface area (Å²) in [6.45, 7) is 2.20. The molecule has 0 aliphatic carbocycles. The first-order valence-corrected chi connectivity index (χ1v) is 11.6. The van der Waals surface area contributed by atoms with Crippen molar-refractivity contribution in [2.75, 3.05) is 44.7 Å². The highest BCUT2D eigenvalue weighted by atomic mass is 35.5. The molecule has 9 heteroatoms. The van der Waals surface area contributed by atoms with Gasteiger partial charge >= 0.3 is 0 Å². The van der Waals surface area contributed by atoms with E-state index in [1.807, 2.05) is 36.4 Å². The predicted molar refractivity (Wildman–Crippen MR) is 136 cm³/mol. The van der Waals surface area contributed by atoms with Gasteiger partial charge in [0.2, 0.25) is 5.91 Å². The smallest absolute Gasteiger partial charge is 0.274 e. The Kier molecular flexibility index (Phi) is 7.95. The number of para-hydroxylation sites is 2. The Hall–Kier alpha value is -3.91. The monoisotopic (exact) mass is 491 g/mol. The second kappa shape index (κ2) is 11.5. The molecule has 0 saturated carbocycles. The number of ether oxygens (including phenoxy) is 1. The van der Waals surface area contributed by atoms with Crippen LogP contribution in [-0.4, -0.2) is 72.8 Å². The lowest BCUT2D eigenvalue weighted by molar-refractivity contribution is -0.132. The number of aromatic nitrogens is 1. The van der Waals surface area contributed by atoms with Crippen LogP contribution in [0.1, 0.15) is 15.9 Å². The Morgan fingerprint density at radius 2 is 1.71 bits per heavy atom. The van der Waals surface area contributed by atoms with Crippen molar-refractivity contribution < 1.29 is 14.3 Å². The quantitative estimate of drug-likeness (QED) is 0.373. The van der Waals surface area contributed by atoms with Crippen molar-refractivity contribution in [3.63, 3.8) is 0 Å². The molecule has 2 amide bonds. The summed E-state index contributed by atoms with van der Waals surface area (Å²) in [6.07, 6.45) is 4.55. The normalized spacial score (nSPS) is 13.7. The van der Waals surface area contributed by atoms with E-state index in [1.54, 1.807) is 36.3 Å². The number of hydrogen-bond donors (Lipinski definition) is 0. The van der Waals surface area contributed by atoms with Gasteiger partial charge in [-0.1, -0.05) is 41.9 Å². The second-order valence-corrected chi connectivity index (χ2v) is 8.31. The fraction of sp³-hybridized carbons (Fsp3) is 0.231. The maximum atomic E-state index is 13.2. The van der Waals surface area contributed by atoms with Crippen molar-refractivity contribution in [1.82, 2.24) is 14.9 Å². The Bertz CT molecular complexity index is 1200. The van der Waals surface area contributed by atoms with Crippen LogP contribution in [0.2, 0.25) is 5.02 Å². The van der Waals surface area contributed by atoms with Gasteiger partial charge in [0.25, 0.3) is 5.91 Å². The van der Waals surface area contributed by atoms with Gasteiger partial charge in [0.1, 0.15) is 12.3 Å². The van der Waals surface area contributed by atoms with Gasteiger partial charge in [0.05, 0.1) is 19.0 Å². The zero-order valence-electron chi connectivity index (χ0n) is 19.4. The van der Waals surface area contributed by atoms with Crippen molar-refractivity contribution >= 4 is 35.3 Å². The number of methoxy groups -OCH3 is 1. The largest absolute Gasteiger partial charge is 0.495 e. The number of carbonyl (C=O) groups is 2. The number of rotatable bonds is 7. The van der Waals surface area contributed by atoms with Gasteiger partial charge in [0.15, 0.2) is 0 Å². The van der Waals surface area contributed by atoms with Crippen LogP contribution in [0.4, 0.5) is 5.69 Å². The molecule has 2 aromatic carbocycles. The number of benzene rings is 2. The zero-order chi connectivity index (χ0) is 24.6. The lowest BCUT2D eigenvalue weighted by atomic mass is 10.2. The van der Waals surface area contributed by atoms with Crippen LogP contribution in [0.25, 0.3) is 0 Å². The van der Waals surface area contributed by atoms with Crippen molar-refractivity contribution in [2.45, 2.75) is 0 Å². The molecule has 1 saturated heterocycles. The SMILES string of the molecule is COc1ccccc1N1CCN(C(=O)CN(/N=C/c2ccccc2Cl)C(=O)c2ccncc2)CC1. The third kappa shape index (κ3) is 5.96. The minimum absolute atomic E-state index is 0.177. The molecule has 1 aliphatic rings. The fourth-order valence-corrected chi connectivity index (χ4v) is 4.02. The summed E-state index contributed by atoms with van der Waals surface area (Å²) in [7, 11) is 1.65. The second-order valence-electron chi connectivity index (χ2n) is 7.90. The molecule has 2 heterocycles. The molecule has 0 spiro atoms. The highest BCUT2D eigenvalue weighted by Gasteiger charge is 2.26. The van der Waals surface area contributed by atoms with E-state index in [2.05, 4.69) is 15.0 Å². The number of piperazine rings is 1. The molecule has 3 aromatic rings. The molecule has 0 atom stereocenters. The Morgan fingerprint density at radius 1 is 1.03 bits per heavy atom. The zero-order valence-corrected chi connectivity index (χ0v) is 20.1. The van der Waals surface area contributed by atoms with Crippen LogP contribution in [0.15, 0.2) is 78.2 Å². The van der Waals surface area contributed by atoms with Crippen LogP contribution >= 0.6 is 11.6 Å². The third-order valence-electron chi connectivity index (χ3n) is 5.75. The Balaban J connectivity index is 1.46. The van der Waals surface area contributed by atoms with Crippen LogP contribution in [-0.2, 0) is 4.79 Å². The number of anilines is 1. The minimum Gasteiger partial charge on any atom is -0.495 e. The van der Waals surface area contributed by atoms with E-state index in [1.165, 1.54) is 23.6 Å². The number of pyridine rings is 1. The number of hydrogen-bond acceptors (Lipinski definition) is 6. The first-order valence-electron chi connectivity index (χ1n) is 11.2. The van der Waals surface area contributed by atoms with E-state index >= 15 is 0 Å². The number of hydrazone groups is 1. The lowest BCUT2D eigenvalue weighted by Gasteiger charge is -2.37. The van der Waals surface area contributed by atoms with E-state index in [9.17, 15) is 9.59 Å². The van der Waals surface area contributed by atoms with Crippen molar-refractivity contribution in [3.8, 4) is 5.75 Å². The molecular weight excluding hydrogens is 466 g/mol. The standard InChI is InChI=1S/C26H26ClN5O3/c1-35-24-9-5-4-8-23(24)30-14-16-31(17-15-30)25(33)19-32(26(34)20-10-12-28-13-11-20)29-18-21-6-2-3-7-22(21)27/h2-13,18H,14-17,19H2,1H3/b29-18+. The highest BCUT2D eigenvalue weighted by molar-refractivity contribution is 6.33. The predicted octanol–water partition coefficient (Wildman–Crippen LogP) is 3.57. The van der Waals surface area contributed by atoms with E-state index in [-0.39, 0.29) is 12.5 Å². The number of amides is 2. The molecule has 180 valence electrons. The molecule has 0 radical (unpaired) electrons. The van der Waals surface area contributed by atoms with Crippen LogP contribution in [0, 0.1) is 0 Å². The van der Waals surface area contributed by atoms with Crippen LogP contribution < -0.4 is 9.64 Å². The van der Waals surface area contributed by atoms with Crippen molar-refractivity contribution in [1.29, 1.82) is 0 Å². The number of carbonyl (C=O) groups excluding carboxylic acids is 2.